The molecule has 0 atom stereocenters. The third-order valence-corrected chi connectivity index (χ3v) is 17.4. The Bertz CT molecular complexity index is 697. The van der Waals surface area contributed by atoms with E-state index in [-0.39, 0.29) is 0 Å². The van der Waals surface area contributed by atoms with Crippen molar-refractivity contribution < 1.29 is 53.3 Å². The Morgan fingerprint density at radius 3 is 0.781 bits per heavy atom. The van der Waals surface area contributed by atoms with Gasteiger partial charge in [-0.3, -0.25) is 0 Å². The van der Waals surface area contributed by atoms with Gasteiger partial charge in [0.05, 0.1) is 0 Å². The van der Waals surface area contributed by atoms with Crippen LogP contribution in [0.4, 0.5) is 0 Å². The summed E-state index contributed by atoms with van der Waals surface area (Å²) in [5.74, 6) is -3.74. The fourth-order valence-corrected chi connectivity index (χ4v) is 18.6. The SMILES string of the molecule is C=CC(=O)O[Si]1(C)O[Si](C)(OC(=O)C=C)O[Si](C)(OC(=O)C=C)O[Si](C)(OC(=O)C=C)O1. The molecule has 0 aromatic heterocycles. The molecule has 12 nitrogen and oxygen atoms in total. The second kappa shape index (κ2) is 10.4. The average Bonchev–Trinajstić information content (AvgIpc) is 2.64. The van der Waals surface area contributed by atoms with Gasteiger partial charge in [-0.1, -0.05) is 26.3 Å². The minimum atomic E-state index is -4.15. The molecule has 0 aliphatic carbocycles. The van der Waals surface area contributed by atoms with Crippen molar-refractivity contribution in [3.05, 3.63) is 50.6 Å². The maximum Gasteiger partial charge on any atom is 0.551 e. The molecule has 0 radical (unpaired) electrons. The molecule has 1 rings (SSSR count). The summed E-state index contributed by atoms with van der Waals surface area (Å²) < 4.78 is 44.4. The molecule has 16 heteroatoms. The van der Waals surface area contributed by atoms with Crippen molar-refractivity contribution in [1.29, 1.82) is 0 Å². The molecule has 1 saturated heterocycles. The predicted octanol–water partition coefficient (Wildman–Crippen LogP) is 1.26. The number of hydrogen-bond acceptors (Lipinski definition) is 12. The summed E-state index contributed by atoms with van der Waals surface area (Å²) in [6.07, 6.45) is 3.39. The molecule has 0 aromatic rings. The highest BCUT2D eigenvalue weighted by Crippen LogP contribution is 2.33. The molecular formula is C16H24O12Si4. The van der Waals surface area contributed by atoms with Crippen molar-refractivity contribution >= 4 is 59.1 Å². The van der Waals surface area contributed by atoms with Crippen LogP contribution in [-0.4, -0.2) is 59.1 Å². The van der Waals surface area contributed by atoms with Crippen LogP contribution in [0.1, 0.15) is 0 Å². The van der Waals surface area contributed by atoms with Crippen molar-refractivity contribution in [3.63, 3.8) is 0 Å². The van der Waals surface area contributed by atoms with Crippen LogP contribution in [0.15, 0.2) is 50.6 Å². The Morgan fingerprint density at radius 2 is 0.656 bits per heavy atom. The lowest BCUT2D eigenvalue weighted by Crippen LogP contribution is -2.71. The topological polar surface area (TPSA) is 142 Å². The highest BCUT2D eigenvalue weighted by molar-refractivity contribution is 6.89. The molecule has 1 aliphatic heterocycles. The lowest BCUT2D eigenvalue weighted by Gasteiger charge is -2.44. The number of carbonyl (C=O) groups is 4. The van der Waals surface area contributed by atoms with E-state index in [4.69, 9.17) is 34.2 Å². The summed E-state index contributed by atoms with van der Waals surface area (Å²) in [4.78, 5) is 47.8. The summed E-state index contributed by atoms with van der Waals surface area (Å²) in [6, 6.07) is 0. The maximum absolute atomic E-state index is 11.9. The molecule has 0 N–H and O–H groups in total. The van der Waals surface area contributed by atoms with E-state index in [1.54, 1.807) is 0 Å². The lowest BCUT2D eigenvalue weighted by molar-refractivity contribution is -0.135. The third-order valence-electron chi connectivity index (χ3n) is 3.29. The van der Waals surface area contributed by atoms with Gasteiger partial charge in [0.15, 0.2) is 0 Å². The van der Waals surface area contributed by atoms with Gasteiger partial charge in [-0.05, 0) is 0 Å². The second-order valence-corrected chi connectivity index (χ2v) is 17.3. The summed E-state index contributed by atoms with van der Waals surface area (Å²) >= 11 is 0. The molecule has 0 bridgehead atoms. The van der Waals surface area contributed by atoms with E-state index in [1.807, 2.05) is 0 Å². The van der Waals surface area contributed by atoms with Gasteiger partial charge >= 0.3 is 59.1 Å². The Labute approximate surface area is 189 Å². The molecule has 32 heavy (non-hydrogen) atoms. The normalized spacial score (nSPS) is 32.1. The fraction of sp³-hybridized carbons (Fsp3) is 0.250. The van der Waals surface area contributed by atoms with Crippen LogP contribution in [0.3, 0.4) is 0 Å². The van der Waals surface area contributed by atoms with E-state index in [0.717, 1.165) is 24.3 Å². The summed E-state index contributed by atoms with van der Waals surface area (Å²) in [7, 11) is -16.6. The predicted molar refractivity (Wildman–Crippen MR) is 116 cm³/mol. The van der Waals surface area contributed by atoms with Gasteiger partial charge < -0.3 is 34.2 Å². The zero-order valence-corrected chi connectivity index (χ0v) is 22.0. The first-order chi connectivity index (χ1) is 14.6. The van der Waals surface area contributed by atoms with E-state index in [9.17, 15) is 19.2 Å². The monoisotopic (exact) mass is 520 g/mol. The zero-order valence-electron chi connectivity index (χ0n) is 18.0. The Hall–Kier alpha value is -2.45. The van der Waals surface area contributed by atoms with Gasteiger partial charge in [-0.15, -0.1) is 0 Å². The molecule has 0 saturated carbocycles. The smallest absolute Gasteiger partial charge is 0.471 e. The van der Waals surface area contributed by atoms with Crippen molar-refractivity contribution in [2.24, 2.45) is 0 Å². The standard InChI is InChI=1S/C16H24O12Si4/c1-9-13(17)21-29(5)25-30(6,22-14(18)10-2)27-32(8,24-16(20)12-4)28-31(7,26-29)23-15(19)11-3/h9-12H,1-4H2,5-8H3. The molecule has 1 fully saturated rings. The van der Waals surface area contributed by atoms with E-state index in [1.165, 1.54) is 26.2 Å². The van der Waals surface area contributed by atoms with Crippen molar-refractivity contribution in [3.8, 4) is 0 Å². The van der Waals surface area contributed by atoms with Gasteiger partial charge in [0.1, 0.15) is 0 Å². The van der Waals surface area contributed by atoms with E-state index in [2.05, 4.69) is 26.3 Å². The lowest BCUT2D eigenvalue weighted by atomic mass is 10.7. The Kier molecular flexibility index (Phi) is 9.00. The summed E-state index contributed by atoms with van der Waals surface area (Å²) in [5.41, 5.74) is 0. The first-order valence-electron chi connectivity index (χ1n) is 8.87. The van der Waals surface area contributed by atoms with E-state index >= 15 is 0 Å². The molecule has 0 spiro atoms. The first kappa shape index (κ1) is 27.6. The van der Waals surface area contributed by atoms with Crippen LogP contribution in [0.25, 0.3) is 0 Å². The molecule has 1 aliphatic rings. The molecule has 1 heterocycles. The summed E-state index contributed by atoms with van der Waals surface area (Å²) in [5, 5.41) is 0. The van der Waals surface area contributed by atoms with Crippen molar-refractivity contribution in [2.45, 2.75) is 26.2 Å². The molecular weight excluding hydrogens is 497 g/mol. The van der Waals surface area contributed by atoms with E-state index < -0.39 is 59.1 Å². The molecule has 0 amide bonds. The van der Waals surface area contributed by atoms with Gasteiger partial charge in [-0.2, -0.15) is 0 Å². The Morgan fingerprint density at radius 1 is 0.500 bits per heavy atom. The summed E-state index contributed by atoms with van der Waals surface area (Å²) in [6.45, 7) is 18.3. The van der Waals surface area contributed by atoms with Gasteiger partial charge in [0.25, 0.3) is 0 Å². The van der Waals surface area contributed by atoms with Crippen LogP contribution in [0, 0.1) is 0 Å². The molecule has 176 valence electrons. The third kappa shape index (κ3) is 7.91. The first-order valence-corrected chi connectivity index (χ1v) is 17.8. The Balaban J connectivity index is 3.60. The van der Waals surface area contributed by atoms with E-state index in [0.29, 0.717) is 0 Å². The maximum atomic E-state index is 11.9. The van der Waals surface area contributed by atoms with Crippen molar-refractivity contribution in [2.75, 3.05) is 0 Å². The number of hydrogen-bond donors (Lipinski definition) is 0. The van der Waals surface area contributed by atoms with Crippen LogP contribution < -0.4 is 0 Å². The highest BCUT2D eigenvalue weighted by Gasteiger charge is 2.67. The quantitative estimate of drug-likeness (QED) is 0.336. The number of carbonyl (C=O) groups excluding carboxylic acids is 4. The van der Waals surface area contributed by atoms with Crippen LogP contribution in [-0.2, 0) is 53.3 Å². The molecule has 0 unspecified atom stereocenters. The van der Waals surface area contributed by atoms with Gasteiger partial charge in [-0.25, -0.2) is 19.2 Å². The second-order valence-electron chi connectivity index (χ2n) is 6.36. The van der Waals surface area contributed by atoms with Crippen LogP contribution in [0.2, 0.25) is 26.2 Å². The largest absolute Gasteiger partial charge is 0.551 e. The van der Waals surface area contributed by atoms with Gasteiger partial charge in [0, 0.05) is 50.5 Å². The van der Waals surface area contributed by atoms with Crippen LogP contribution >= 0.6 is 0 Å². The minimum absolute atomic E-state index is 0.847. The molecule has 0 aromatic carbocycles. The minimum Gasteiger partial charge on any atom is -0.471 e. The zero-order chi connectivity index (χ0) is 24.8. The average molecular weight is 521 g/mol. The number of rotatable bonds is 8. The highest BCUT2D eigenvalue weighted by atomic mass is 28.6. The fourth-order valence-electron chi connectivity index (χ4n) is 2.49. The van der Waals surface area contributed by atoms with Crippen molar-refractivity contribution in [1.82, 2.24) is 0 Å². The van der Waals surface area contributed by atoms with Crippen LogP contribution in [0.5, 0.6) is 0 Å². The van der Waals surface area contributed by atoms with Gasteiger partial charge in [0.2, 0.25) is 0 Å².